The molecule has 2 rings (SSSR count). The van der Waals surface area contributed by atoms with Crippen LogP contribution in [0, 0.1) is 0 Å². The number of primary amides is 1. The molecule has 2 aromatic rings. The second-order valence-electron chi connectivity index (χ2n) is 4.87. The van der Waals surface area contributed by atoms with Crippen LogP contribution in [-0.2, 0) is 11.2 Å². The first-order valence-electron chi connectivity index (χ1n) is 6.69. The second kappa shape index (κ2) is 6.73. The predicted molar refractivity (Wildman–Crippen MR) is 81.6 cm³/mol. The Kier molecular flexibility index (Phi) is 4.75. The Balaban J connectivity index is 2.18. The quantitative estimate of drug-likeness (QED) is 0.431. The summed E-state index contributed by atoms with van der Waals surface area (Å²) in [5, 5.41) is 10.1. The second-order valence-corrected chi connectivity index (χ2v) is 4.87. The van der Waals surface area contributed by atoms with Gasteiger partial charge in [0.1, 0.15) is 11.8 Å². The van der Waals surface area contributed by atoms with E-state index < -0.39 is 17.9 Å². The van der Waals surface area contributed by atoms with Gasteiger partial charge in [0, 0.05) is 12.0 Å². The number of hydrogen-bond acceptors (Lipinski definition) is 4. The summed E-state index contributed by atoms with van der Waals surface area (Å²) in [6, 6.07) is 13.7. The fourth-order valence-electron chi connectivity index (χ4n) is 2.06. The summed E-state index contributed by atoms with van der Waals surface area (Å²) < 4.78 is 0. The molecule has 0 heterocycles. The van der Waals surface area contributed by atoms with Crippen LogP contribution in [0.1, 0.15) is 15.9 Å². The molecule has 6 nitrogen and oxygen atoms in total. The van der Waals surface area contributed by atoms with E-state index in [1.165, 1.54) is 12.1 Å². The lowest BCUT2D eigenvalue weighted by Crippen LogP contribution is -2.53. The zero-order valence-corrected chi connectivity index (χ0v) is 11.8. The molecular formula is C16H17N3O3. The van der Waals surface area contributed by atoms with Gasteiger partial charge in [0.15, 0.2) is 0 Å². The Bertz CT molecular complexity index is 656. The van der Waals surface area contributed by atoms with E-state index in [0.717, 1.165) is 10.6 Å². The van der Waals surface area contributed by atoms with Crippen LogP contribution in [0.3, 0.4) is 0 Å². The fraction of sp³-hybridized carbons (Fsp3) is 0.125. The molecule has 0 bridgehead atoms. The van der Waals surface area contributed by atoms with Gasteiger partial charge >= 0.3 is 0 Å². The third-order valence-corrected chi connectivity index (χ3v) is 3.28. The van der Waals surface area contributed by atoms with Crippen molar-refractivity contribution in [3.63, 3.8) is 0 Å². The van der Waals surface area contributed by atoms with E-state index in [1.807, 2.05) is 0 Å². The molecule has 114 valence electrons. The maximum Gasteiger partial charge on any atom is 0.268 e. The number of carbonyl (C=O) groups excluding carboxylic acids is 2. The Morgan fingerprint density at radius 3 is 2.18 bits per heavy atom. The average molecular weight is 299 g/mol. The van der Waals surface area contributed by atoms with Gasteiger partial charge in [0.25, 0.3) is 5.91 Å². The number of carbonyl (C=O) groups is 2. The van der Waals surface area contributed by atoms with Gasteiger partial charge in [-0.15, -0.1) is 0 Å². The molecule has 0 aromatic heterocycles. The highest BCUT2D eigenvalue weighted by Gasteiger charge is 2.26. The lowest BCUT2D eigenvalue weighted by Gasteiger charge is -2.25. The molecule has 0 unspecified atom stereocenters. The zero-order valence-electron chi connectivity index (χ0n) is 11.8. The normalized spacial score (nSPS) is 11.7. The summed E-state index contributed by atoms with van der Waals surface area (Å²) in [5.74, 6) is 4.74. The molecular weight excluding hydrogens is 282 g/mol. The van der Waals surface area contributed by atoms with Crippen LogP contribution in [0.2, 0.25) is 0 Å². The third kappa shape index (κ3) is 3.62. The Morgan fingerprint density at radius 1 is 1.05 bits per heavy atom. The number of aromatic hydroxyl groups is 1. The van der Waals surface area contributed by atoms with Crippen molar-refractivity contribution >= 4 is 11.8 Å². The summed E-state index contributed by atoms with van der Waals surface area (Å²) in [6.07, 6.45) is 0.171. The number of benzene rings is 2. The van der Waals surface area contributed by atoms with E-state index >= 15 is 0 Å². The number of phenolic OH excluding ortho intramolecular Hbond substituents is 1. The highest BCUT2D eigenvalue weighted by atomic mass is 16.3. The molecule has 0 saturated heterocycles. The molecule has 0 aliphatic carbocycles. The van der Waals surface area contributed by atoms with E-state index in [0.29, 0.717) is 5.56 Å². The topological polar surface area (TPSA) is 110 Å². The van der Waals surface area contributed by atoms with E-state index in [-0.39, 0.29) is 12.2 Å². The molecule has 22 heavy (non-hydrogen) atoms. The van der Waals surface area contributed by atoms with Crippen LogP contribution in [0.4, 0.5) is 0 Å². The molecule has 0 saturated carbocycles. The van der Waals surface area contributed by atoms with Gasteiger partial charge in [-0.2, -0.15) is 0 Å². The molecule has 0 fully saturated rings. The lowest BCUT2D eigenvalue weighted by molar-refractivity contribution is -0.122. The molecule has 5 N–H and O–H groups in total. The maximum absolute atomic E-state index is 12.3. The molecule has 1 atom stereocenters. The highest BCUT2D eigenvalue weighted by molar-refractivity contribution is 5.96. The van der Waals surface area contributed by atoms with Gasteiger partial charge in [0.05, 0.1) is 0 Å². The first kappa shape index (κ1) is 15.5. The van der Waals surface area contributed by atoms with Crippen molar-refractivity contribution in [1.82, 2.24) is 5.01 Å². The highest BCUT2D eigenvalue weighted by Crippen LogP contribution is 2.14. The first-order valence-corrected chi connectivity index (χ1v) is 6.69. The predicted octanol–water partition coefficient (Wildman–Crippen LogP) is 0.805. The van der Waals surface area contributed by atoms with Gasteiger partial charge in [-0.3, -0.25) is 14.6 Å². The minimum absolute atomic E-state index is 0.115. The molecule has 0 spiro atoms. The van der Waals surface area contributed by atoms with Crippen LogP contribution >= 0.6 is 0 Å². The van der Waals surface area contributed by atoms with Gasteiger partial charge in [0.2, 0.25) is 5.91 Å². The maximum atomic E-state index is 12.3. The minimum atomic E-state index is -0.975. The molecule has 0 aliphatic rings. The monoisotopic (exact) mass is 299 g/mol. The third-order valence-electron chi connectivity index (χ3n) is 3.28. The average Bonchev–Trinajstić information content (AvgIpc) is 2.53. The van der Waals surface area contributed by atoms with Gasteiger partial charge in [-0.25, -0.2) is 5.84 Å². The van der Waals surface area contributed by atoms with Crippen LogP contribution in [0.25, 0.3) is 0 Å². The van der Waals surface area contributed by atoms with Crippen LogP contribution in [0.15, 0.2) is 54.6 Å². The zero-order chi connectivity index (χ0) is 16.1. The van der Waals surface area contributed by atoms with Gasteiger partial charge in [-0.1, -0.05) is 30.3 Å². The van der Waals surface area contributed by atoms with Crippen molar-refractivity contribution in [2.45, 2.75) is 12.5 Å². The van der Waals surface area contributed by atoms with E-state index in [2.05, 4.69) is 0 Å². The van der Waals surface area contributed by atoms with Crippen molar-refractivity contribution in [1.29, 1.82) is 0 Å². The molecule has 0 radical (unpaired) electrons. The van der Waals surface area contributed by atoms with Crippen molar-refractivity contribution in [2.75, 3.05) is 0 Å². The minimum Gasteiger partial charge on any atom is -0.508 e. The van der Waals surface area contributed by atoms with Gasteiger partial charge in [-0.05, 0) is 29.8 Å². The summed E-state index contributed by atoms with van der Waals surface area (Å²) in [5.41, 5.74) is 6.48. The lowest BCUT2D eigenvalue weighted by atomic mass is 10.0. The SMILES string of the molecule is NC(=O)[C@H](Cc1ccc(O)cc1)N(N)C(=O)c1ccccc1. The molecule has 0 aliphatic heterocycles. The van der Waals surface area contributed by atoms with Crippen molar-refractivity contribution in [3.05, 3.63) is 65.7 Å². The number of phenols is 1. The van der Waals surface area contributed by atoms with E-state index in [1.54, 1.807) is 42.5 Å². The van der Waals surface area contributed by atoms with Crippen LogP contribution < -0.4 is 11.6 Å². The largest absolute Gasteiger partial charge is 0.508 e. The Morgan fingerprint density at radius 2 is 1.64 bits per heavy atom. The van der Waals surface area contributed by atoms with Gasteiger partial charge < -0.3 is 10.8 Å². The van der Waals surface area contributed by atoms with Crippen molar-refractivity contribution in [2.24, 2.45) is 11.6 Å². The van der Waals surface area contributed by atoms with E-state index in [4.69, 9.17) is 11.6 Å². The Hall–Kier alpha value is -2.86. The standard InChI is InChI=1S/C16H17N3O3/c17-15(21)14(10-11-6-8-13(20)9-7-11)19(18)16(22)12-4-2-1-3-5-12/h1-9,14,20H,10,18H2,(H2,17,21)/t14-/m0/s1. The summed E-state index contributed by atoms with van der Waals surface area (Å²) in [4.78, 5) is 23.9. The molecule has 2 aromatic carbocycles. The number of hydrogen-bond donors (Lipinski definition) is 3. The number of nitrogens with zero attached hydrogens (tertiary/aromatic N) is 1. The van der Waals surface area contributed by atoms with Crippen molar-refractivity contribution in [3.8, 4) is 5.75 Å². The summed E-state index contributed by atoms with van der Waals surface area (Å²) in [6.45, 7) is 0. The van der Waals surface area contributed by atoms with E-state index in [9.17, 15) is 14.7 Å². The smallest absolute Gasteiger partial charge is 0.268 e. The molecule has 2 amide bonds. The number of rotatable bonds is 5. The molecule has 6 heteroatoms. The fourth-order valence-corrected chi connectivity index (χ4v) is 2.06. The van der Waals surface area contributed by atoms with Crippen LogP contribution in [-0.4, -0.2) is 28.0 Å². The number of amides is 2. The number of nitrogens with two attached hydrogens (primary N) is 2. The Labute approximate surface area is 127 Å². The number of hydrazine groups is 1. The van der Waals surface area contributed by atoms with Crippen molar-refractivity contribution < 1.29 is 14.7 Å². The first-order chi connectivity index (χ1) is 10.5. The summed E-state index contributed by atoms with van der Waals surface area (Å²) in [7, 11) is 0. The van der Waals surface area contributed by atoms with Crippen LogP contribution in [0.5, 0.6) is 5.75 Å². The summed E-state index contributed by atoms with van der Waals surface area (Å²) >= 11 is 0.